The summed E-state index contributed by atoms with van der Waals surface area (Å²) in [7, 11) is 0. The van der Waals surface area contributed by atoms with Crippen LogP contribution in [-0.4, -0.2) is 34.5 Å². The maximum atomic E-state index is 10.9. The Kier molecular flexibility index (Phi) is 6.41. The van der Waals surface area contributed by atoms with E-state index in [0.717, 1.165) is 18.7 Å². The number of aromatic nitrogens is 1. The monoisotopic (exact) mass is 284 g/mol. The van der Waals surface area contributed by atoms with Gasteiger partial charge in [-0.1, -0.05) is 6.92 Å². The van der Waals surface area contributed by atoms with E-state index in [9.17, 15) is 10.1 Å². The maximum absolute atomic E-state index is 10.9. The highest BCUT2D eigenvalue weighted by molar-refractivity contribution is 7.98. The van der Waals surface area contributed by atoms with E-state index in [1.165, 1.54) is 12.1 Å². The number of thioether (sulfide) groups is 1. The van der Waals surface area contributed by atoms with Crippen molar-refractivity contribution in [3.05, 3.63) is 22.2 Å². The topological polar surface area (TPSA) is 80.1 Å². The van der Waals surface area contributed by atoms with Gasteiger partial charge in [0.2, 0.25) is 0 Å². The first-order valence-electron chi connectivity index (χ1n) is 6.22. The van der Waals surface area contributed by atoms with Crippen molar-refractivity contribution < 1.29 is 4.92 Å². The van der Waals surface area contributed by atoms with Crippen molar-refractivity contribution in [2.24, 2.45) is 0 Å². The van der Waals surface area contributed by atoms with Crippen LogP contribution in [0.15, 0.2) is 12.1 Å². The number of nitro groups is 1. The van der Waals surface area contributed by atoms with Gasteiger partial charge in [0, 0.05) is 18.3 Å². The third-order valence-electron chi connectivity index (χ3n) is 2.39. The smallest absolute Gasteiger partial charge is 0.276 e. The van der Waals surface area contributed by atoms with Crippen LogP contribution in [0.2, 0.25) is 0 Å². The highest BCUT2D eigenvalue weighted by Crippen LogP contribution is 2.21. The molecule has 0 amide bonds. The van der Waals surface area contributed by atoms with Crippen LogP contribution < -0.4 is 10.6 Å². The summed E-state index contributed by atoms with van der Waals surface area (Å²) in [4.78, 5) is 14.8. The SMILES string of the molecule is CCCNc1cc([N+](=O)[O-])cc(NC(C)CSC)n1. The molecule has 0 aromatic carbocycles. The van der Waals surface area contributed by atoms with Crippen LogP contribution in [0.1, 0.15) is 20.3 Å². The Balaban J connectivity index is 2.89. The van der Waals surface area contributed by atoms with Crippen LogP contribution >= 0.6 is 11.8 Å². The van der Waals surface area contributed by atoms with Gasteiger partial charge in [0.15, 0.2) is 0 Å². The fourth-order valence-electron chi connectivity index (χ4n) is 1.58. The lowest BCUT2D eigenvalue weighted by atomic mass is 10.3. The van der Waals surface area contributed by atoms with E-state index in [1.807, 2.05) is 20.1 Å². The minimum Gasteiger partial charge on any atom is -0.370 e. The van der Waals surface area contributed by atoms with Gasteiger partial charge in [-0.2, -0.15) is 11.8 Å². The van der Waals surface area contributed by atoms with Gasteiger partial charge < -0.3 is 10.6 Å². The van der Waals surface area contributed by atoms with Crippen molar-refractivity contribution in [1.29, 1.82) is 0 Å². The summed E-state index contributed by atoms with van der Waals surface area (Å²) < 4.78 is 0. The molecule has 1 aromatic heterocycles. The van der Waals surface area contributed by atoms with E-state index in [1.54, 1.807) is 11.8 Å². The predicted molar refractivity (Wildman–Crippen MR) is 81.1 cm³/mol. The van der Waals surface area contributed by atoms with Gasteiger partial charge >= 0.3 is 0 Å². The van der Waals surface area contributed by atoms with Crippen LogP contribution in [0.3, 0.4) is 0 Å². The van der Waals surface area contributed by atoms with Crippen LogP contribution in [0.4, 0.5) is 17.3 Å². The average molecular weight is 284 g/mol. The fraction of sp³-hybridized carbons (Fsp3) is 0.583. The second kappa shape index (κ2) is 7.83. The molecule has 0 spiro atoms. The standard InChI is InChI=1S/C12H20N4O2S/c1-4-5-13-11-6-10(16(17)18)7-12(15-11)14-9(2)8-19-3/h6-7,9H,4-5,8H2,1-3H3,(H2,13,14,15). The number of anilines is 2. The van der Waals surface area contributed by atoms with E-state index in [2.05, 4.69) is 15.6 Å². The Morgan fingerprint density at radius 3 is 2.74 bits per heavy atom. The lowest BCUT2D eigenvalue weighted by Crippen LogP contribution is -2.19. The van der Waals surface area contributed by atoms with Gasteiger partial charge in [-0.3, -0.25) is 10.1 Å². The normalized spacial score (nSPS) is 11.9. The first-order valence-corrected chi connectivity index (χ1v) is 7.62. The molecule has 19 heavy (non-hydrogen) atoms. The Bertz CT molecular complexity index is 428. The molecule has 0 saturated heterocycles. The highest BCUT2D eigenvalue weighted by atomic mass is 32.2. The fourth-order valence-corrected chi connectivity index (χ4v) is 2.17. The van der Waals surface area contributed by atoms with Crippen LogP contribution in [0.5, 0.6) is 0 Å². The first-order chi connectivity index (χ1) is 9.06. The second-order valence-corrected chi connectivity index (χ2v) is 5.19. The van der Waals surface area contributed by atoms with Gasteiger partial charge in [0.25, 0.3) is 5.69 Å². The summed E-state index contributed by atoms with van der Waals surface area (Å²) >= 11 is 1.72. The average Bonchev–Trinajstić information content (AvgIpc) is 2.36. The molecule has 0 saturated carbocycles. The molecule has 2 N–H and O–H groups in total. The maximum Gasteiger partial charge on any atom is 0.276 e. The lowest BCUT2D eigenvalue weighted by molar-refractivity contribution is -0.384. The second-order valence-electron chi connectivity index (χ2n) is 4.28. The summed E-state index contributed by atoms with van der Waals surface area (Å²) in [5.41, 5.74) is 0.0486. The summed E-state index contributed by atoms with van der Waals surface area (Å²) in [6, 6.07) is 3.14. The van der Waals surface area contributed by atoms with Crippen molar-refractivity contribution in [1.82, 2.24) is 4.98 Å². The van der Waals surface area contributed by atoms with Crippen molar-refractivity contribution in [3.63, 3.8) is 0 Å². The third-order valence-corrected chi connectivity index (χ3v) is 3.22. The number of hydrogen-bond acceptors (Lipinski definition) is 6. The summed E-state index contributed by atoms with van der Waals surface area (Å²) in [5.74, 6) is 1.99. The number of rotatable bonds is 8. The molecule has 0 aliphatic carbocycles. The number of hydrogen-bond donors (Lipinski definition) is 2. The predicted octanol–water partition coefficient (Wildman–Crippen LogP) is 2.98. The van der Waals surface area contributed by atoms with Gasteiger partial charge in [-0.15, -0.1) is 0 Å². The first kappa shape index (κ1) is 15.6. The van der Waals surface area contributed by atoms with Crippen molar-refractivity contribution in [2.45, 2.75) is 26.3 Å². The number of nitrogens with one attached hydrogen (secondary N) is 2. The summed E-state index contributed by atoms with van der Waals surface area (Å²) in [6.45, 7) is 4.80. The molecule has 7 heteroatoms. The van der Waals surface area contributed by atoms with Crippen molar-refractivity contribution >= 4 is 29.1 Å². The van der Waals surface area contributed by atoms with Gasteiger partial charge in [0.1, 0.15) is 11.6 Å². The van der Waals surface area contributed by atoms with Crippen molar-refractivity contribution in [2.75, 3.05) is 29.2 Å². The zero-order valence-corrected chi connectivity index (χ0v) is 12.3. The lowest BCUT2D eigenvalue weighted by Gasteiger charge is -2.14. The third kappa shape index (κ3) is 5.34. The molecule has 0 radical (unpaired) electrons. The zero-order valence-electron chi connectivity index (χ0n) is 11.5. The molecule has 0 fully saturated rings. The van der Waals surface area contributed by atoms with Crippen LogP contribution in [0.25, 0.3) is 0 Å². The molecule has 0 aliphatic heterocycles. The van der Waals surface area contributed by atoms with Crippen molar-refractivity contribution in [3.8, 4) is 0 Å². The Hall–Kier alpha value is -1.50. The number of nitrogens with zero attached hydrogens (tertiary/aromatic N) is 2. The molecular formula is C12H20N4O2S. The molecule has 1 aromatic rings. The minimum absolute atomic E-state index is 0.0486. The highest BCUT2D eigenvalue weighted by Gasteiger charge is 2.12. The number of pyridine rings is 1. The summed E-state index contributed by atoms with van der Waals surface area (Å²) in [6.07, 6.45) is 2.96. The molecule has 0 bridgehead atoms. The quantitative estimate of drug-likeness (QED) is 0.564. The Morgan fingerprint density at radius 2 is 2.16 bits per heavy atom. The molecule has 1 rings (SSSR count). The van der Waals surface area contributed by atoms with E-state index >= 15 is 0 Å². The van der Waals surface area contributed by atoms with E-state index in [0.29, 0.717) is 11.6 Å². The van der Waals surface area contributed by atoms with Gasteiger partial charge in [-0.25, -0.2) is 4.98 Å². The molecule has 0 aliphatic rings. The molecule has 1 atom stereocenters. The Labute approximate surface area is 117 Å². The largest absolute Gasteiger partial charge is 0.370 e. The molecular weight excluding hydrogens is 264 g/mol. The van der Waals surface area contributed by atoms with Crippen LogP contribution in [0, 0.1) is 10.1 Å². The zero-order chi connectivity index (χ0) is 14.3. The van der Waals surface area contributed by atoms with Crippen LogP contribution in [-0.2, 0) is 0 Å². The van der Waals surface area contributed by atoms with Gasteiger partial charge in [-0.05, 0) is 19.6 Å². The molecule has 106 valence electrons. The molecule has 6 nitrogen and oxygen atoms in total. The minimum atomic E-state index is -0.400. The Morgan fingerprint density at radius 1 is 1.47 bits per heavy atom. The molecule has 1 heterocycles. The molecule has 1 unspecified atom stereocenters. The summed E-state index contributed by atoms with van der Waals surface area (Å²) in [5, 5.41) is 17.2. The van der Waals surface area contributed by atoms with Gasteiger partial charge in [0.05, 0.1) is 17.1 Å². The van der Waals surface area contributed by atoms with E-state index in [-0.39, 0.29) is 11.7 Å². The van der Waals surface area contributed by atoms with E-state index < -0.39 is 4.92 Å². The van der Waals surface area contributed by atoms with E-state index in [4.69, 9.17) is 0 Å².